The molecule has 0 aliphatic carbocycles. The van der Waals surface area contributed by atoms with Crippen LogP contribution in [0, 0.1) is 13.8 Å². The minimum absolute atomic E-state index is 0.539. The summed E-state index contributed by atoms with van der Waals surface area (Å²) in [5, 5.41) is 4.48. The van der Waals surface area contributed by atoms with Crippen LogP contribution in [0.4, 0.5) is 0 Å². The molecule has 0 bridgehead atoms. The summed E-state index contributed by atoms with van der Waals surface area (Å²) in [6.45, 7) is 7.84. The van der Waals surface area contributed by atoms with Gasteiger partial charge in [0.25, 0.3) is 5.95 Å². The summed E-state index contributed by atoms with van der Waals surface area (Å²) in [4.78, 5) is 20.1. The molecule has 2 rings (SSSR count). The number of rotatable bonds is 4. The van der Waals surface area contributed by atoms with Crippen molar-refractivity contribution in [3.05, 3.63) is 34.4 Å². The van der Waals surface area contributed by atoms with Crippen molar-refractivity contribution >= 4 is 6.29 Å². The van der Waals surface area contributed by atoms with E-state index in [-0.39, 0.29) is 0 Å². The van der Waals surface area contributed by atoms with E-state index in [2.05, 4.69) is 15.1 Å². The van der Waals surface area contributed by atoms with Crippen LogP contribution in [0.3, 0.4) is 0 Å². The molecule has 5 heteroatoms. The second-order valence-electron chi connectivity index (χ2n) is 4.49. The zero-order chi connectivity index (χ0) is 14.0. The Bertz CT molecular complexity index is 596. The summed E-state index contributed by atoms with van der Waals surface area (Å²) in [6, 6.07) is 1.92. The Labute approximate surface area is 112 Å². The summed E-state index contributed by atoms with van der Waals surface area (Å²) in [6.07, 6.45) is 2.32. The lowest BCUT2D eigenvalue weighted by Gasteiger charge is -2.06. The zero-order valence-electron chi connectivity index (χ0n) is 11.8. The van der Waals surface area contributed by atoms with E-state index in [4.69, 9.17) is 0 Å². The Kier molecular flexibility index (Phi) is 3.74. The van der Waals surface area contributed by atoms with Crippen molar-refractivity contribution in [3.63, 3.8) is 0 Å². The van der Waals surface area contributed by atoms with Gasteiger partial charge < -0.3 is 0 Å². The molecule has 2 aromatic rings. The molecule has 0 N–H and O–H groups in total. The van der Waals surface area contributed by atoms with E-state index in [0.717, 1.165) is 41.9 Å². The number of carbonyl (C=O) groups excluding carboxylic acids is 1. The van der Waals surface area contributed by atoms with E-state index >= 15 is 0 Å². The second-order valence-corrected chi connectivity index (χ2v) is 4.49. The van der Waals surface area contributed by atoms with E-state index in [1.54, 1.807) is 4.68 Å². The quantitative estimate of drug-likeness (QED) is 0.789. The summed E-state index contributed by atoms with van der Waals surface area (Å²) in [7, 11) is 0. The smallest absolute Gasteiger partial charge is 0.251 e. The van der Waals surface area contributed by atoms with Crippen LogP contribution in [0.5, 0.6) is 0 Å². The highest BCUT2D eigenvalue weighted by Crippen LogP contribution is 2.17. The fraction of sp³-hybridized carbons (Fsp3) is 0.429. The van der Waals surface area contributed by atoms with Gasteiger partial charge in [0.05, 0.1) is 17.0 Å². The van der Waals surface area contributed by atoms with Crippen LogP contribution in [0.25, 0.3) is 5.95 Å². The van der Waals surface area contributed by atoms with Gasteiger partial charge in [0.15, 0.2) is 6.29 Å². The molecule has 0 radical (unpaired) electrons. The van der Waals surface area contributed by atoms with Crippen molar-refractivity contribution in [3.8, 4) is 5.95 Å². The fourth-order valence-electron chi connectivity index (χ4n) is 2.22. The Morgan fingerprint density at radius 1 is 1.16 bits per heavy atom. The minimum Gasteiger partial charge on any atom is -0.298 e. The van der Waals surface area contributed by atoms with Crippen molar-refractivity contribution in [2.24, 2.45) is 0 Å². The van der Waals surface area contributed by atoms with Crippen LogP contribution in [0.15, 0.2) is 6.07 Å². The van der Waals surface area contributed by atoms with Gasteiger partial charge in [0, 0.05) is 11.4 Å². The monoisotopic (exact) mass is 258 g/mol. The van der Waals surface area contributed by atoms with Crippen molar-refractivity contribution < 1.29 is 4.79 Å². The van der Waals surface area contributed by atoms with Crippen molar-refractivity contribution in [2.45, 2.75) is 40.5 Å². The van der Waals surface area contributed by atoms with Crippen LogP contribution in [-0.2, 0) is 12.8 Å². The number of nitrogens with zero attached hydrogens (tertiary/aromatic N) is 4. The van der Waals surface area contributed by atoms with E-state index in [1.165, 1.54) is 0 Å². The maximum atomic E-state index is 11.3. The average molecular weight is 258 g/mol. The van der Waals surface area contributed by atoms with Gasteiger partial charge in [-0.2, -0.15) is 5.10 Å². The molecule has 0 saturated carbocycles. The number of carbonyl (C=O) groups is 1. The molecule has 5 nitrogen and oxygen atoms in total. The lowest BCUT2D eigenvalue weighted by Crippen LogP contribution is -2.09. The number of hydrogen-bond donors (Lipinski definition) is 0. The lowest BCUT2D eigenvalue weighted by atomic mass is 10.1. The topological polar surface area (TPSA) is 60.7 Å². The third-order valence-electron chi connectivity index (χ3n) is 3.05. The molecule has 0 unspecified atom stereocenters. The molecule has 100 valence electrons. The van der Waals surface area contributed by atoms with Gasteiger partial charge in [-0.1, -0.05) is 13.8 Å². The molecule has 2 heterocycles. The summed E-state index contributed by atoms with van der Waals surface area (Å²) in [5.74, 6) is 0.539. The molecule has 19 heavy (non-hydrogen) atoms. The van der Waals surface area contributed by atoms with Gasteiger partial charge in [-0.3, -0.25) is 4.79 Å². The summed E-state index contributed by atoms with van der Waals surface area (Å²) < 4.78 is 1.70. The molecule has 2 aromatic heterocycles. The first-order chi connectivity index (χ1) is 9.10. The molecule has 0 atom stereocenters. The first-order valence-corrected chi connectivity index (χ1v) is 6.49. The first-order valence-electron chi connectivity index (χ1n) is 6.49. The van der Waals surface area contributed by atoms with Crippen LogP contribution in [0.2, 0.25) is 0 Å². The van der Waals surface area contributed by atoms with E-state index in [0.29, 0.717) is 11.5 Å². The Hall–Kier alpha value is -2.04. The van der Waals surface area contributed by atoms with E-state index in [1.807, 2.05) is 33.8 Å². The van der Waals surface area contributed by atoms with Gasteiger partial charge in [0.1, 0.15) is 0 Å². The molecule has 0 aromatic carbocycles. The molecular weight excluding hydrogens is 240 g/mol. The van der Waals surface area contributed by atoms with Gasteiger partial charge in [-0.25, -0.2) is 14.6 Å². The summed E-state index contributed by atoms with van der Waals surface area (Å²) in [5.41, 5.74) is 4.13. The van der Waals surface area contributed by atoms with Gasteiger partial charge >= 0.3 is 0 Å². The van der Waals surface area contributed by atoms with Gasteiger partial charge in [-0.15, -0.1) is 0 Å². The number of aryl methyl sites for hydroxylation is 3. The maximum Gasteiger partial charge on any atom is 0.251 e. The number of aromatic nitrogens is 4. The summed E-state index contributed by atoms with van der Waals surface area (Å²) >= 11 is 0. The lowest BCUT2D eigenvalue weighted by molar-refractivity contribution is 0.112. The Balaban J connectivity index is 2.67. The molecule has 0 amide bonds. The highest BCUT2D eigenvalue weighted by molar-refractivity contribution is 5.78. The van der Waals surface area contributed by atoms with Crippen molar-refractivity contribution in [1.82, 2.24) is 19.7 Å². The average Bonchev–Trinajstić information content (AvgIpc) is 2.74. The molecular formula is C14H18N4O. The fourth-order valence-corrected chi connectivity index (χ4v) is 2.22. The molecule has 0 fully saturated rings. The Morgan fingerprint density at radius 3 is 2.26 bits per heavy atom. The zero-order valence-corrected chi connectivity index (χ0v) is 11.8. The van der Waals surface area contributed by atoms with E-state index < -0.39 is 0 Å². The standard InChI is InChI=1S/C14H18N4O/c1-5-12-11(8-19)13(6-2)18(17-12)14-15-9(3)7-10(4)16-14/h7-8H,5-6H2,1-4H3. The SMILES string of the molecule is CCc1nn(-c2nc(C)cc(C)n2)c(CC)c1C=O. The maximum absolute atomic E-state index is 11.3. The minimum atomic E-state index is 0.539. The number of aldehydes is 1. The molecule has 0 aliphatic rings. The molecule has 0 saturated heterocycles. The first kappa shape index (κ1) is 13.4. The van der Waals surface area contributed by atoms with Crippen LogP contribution < -0.4 is 0 Å². The normalized spacial score (nSPS) is 10.7. The molecule has 0 aliphatic heterocycles. The van der Waals surface area contributed by atoms with E-state index in [9.17, 15) is 4.79 Å². The van der Waals surface area contributed by atoms with Gasteiger partial charge in [-0.05, 0) is 32.8 Å². The molecule has 0 spiro atoms. The van der Waals surface area contributed by atoms with Crippen LogP contribution in [0.1, 0.15) is 47.0 Å². The Morgan fingerprint density at radius 2 is 1.79 bits per heavy atom. The van der Waals surface area contributed by atoms with Crippen LogP contribution in [-0.4, -0.2) is 26.0 Å². The van der Waals surface area contributed by atoms with Crippen LogP contribution >= 0.6 is 0 Å². The highest BCUT2D eigenvalue weighted by atomic mass is 16.1. The highest BCUT2D eigenvalue weighted by Gasteiger charge is 2.17. The largest absolute Gasteiger partial charge is 0.298 e. The van der Waals surface area contributed by atoms with Gasteiger partial charge in [0.2, 0.25) is 0 Å². The number of hydrogen-bond acceptors (Lipinski definition) is 4. The second kappa shape index (κ2) is 5.30. The van der Waals surface area contributed by atoms with Crippen molar-refractivity contribution in [1.29, 1.82) is 0 Å². The predicted molar refractivity (Wildman–Crippen MR) is 72.8 cm³/mol. The third-order valence-corrected chi connectivity index (χ3v) is 3.05. The van der Waals surface area contributed by atoms with Crippen molar-refractivity contribution in [2.75, 3.05) is 0 Å². The predicted octanol–water partition coefficient (Wildman–Crippen LogP) is 2.22. The third kappa shape index (κ3) is 2.41.